The van der Waals surface area contributed by atoms with E-state index in [1.165, 1.54) is 18.7 Å². The highest BCUT2D eigenvalue weighted by Crippen LogP contribution is 2.27. The number of benzene rings is 1. The summed E-state index contributed by atoms with van der Waals surface area (Å²) in [5.74, 6) is -0.187. The Morgan fingerprint density at radius 2 is 1.89 bits per heavy atom. The van der Waals surface area contributed by atoms with Gasteiger partial charge in [-0.2, -0.15) is 4.31 Å². The molecule has 0 atom stereocenters. The Labute approximate surface area is 169 Å². The zero-order valence-corrected chi connectivity index (χ0v) is 17.6. The van der Waals surface area contributed by atoms with Crippen molar-refractivity contribution in [3.63, 3.8) is 0 Å². The molecule has 1 aromatic heterocycles. The molecule has 1 aliphatic heterocycles. The van der Waals surface area contributed by atoms with Crippen molar-refractivity contribution in [2.45, 2.75) is 11.1 Å². The summed E-state index contributed by atoms with van der Waals surface area (Å²) >= 11 is 6.82. The van der Waals surface area contributed by atoms with E-state index in [0.717, 1.165) is 34.4 Å². The second-order valence-corrected chi connectivity index (χ2v) is 10.5. The van der Waals surface area contributed by atoms with E-state index in [-0.39, 0.29) is 16.7 Å². The van der Waals surface area contributed by atoms with Crippen LogP contribution in [0.3, 0.4) is 0 Å². The second kappa shape index (κ2) is 8.18. The number of carbonyl (C=O) groups is 1. The summed E-state index contributed by atoms with van der Waals surface area (Å²) in [6, 6.07) is 11.3. The molecule has 0 saturated carbocycles. The number of aryl methyl sites for hydroxylation is 1. The van der Waals surface area contributed by atoms with Crippen LogP contribution in [-0.4, -0.2) is 63.3 Å². The van der Waals surface area contributed by atoms with Gasteiger partial charge in [0.15, 0.2) is 0 Å². The Kier molecular flexibility index (Phi) is 6.10. The summed E-state index contributed by atoms with van der Waals surface area (Å²) in [6.45, 7) is 4.48. The number of rotatable bonds is 5. The number of anilines is 1. The van der Waals surface area contributed by atoms with Crippen molar-refractivity contribution in [1.29, 1.82) is 0 Å². The molecule has 1 saturated heterocycles. The Bertz CT molecular complexity index is 921. The summed E-state index contributed by atoms with van der Waals surface area (Å²) in [5, 5.41) is 0. The molecular formula is C18H22ClN3O3S2. The van der Waals surface area contributed by atoms with E-state index in [0.29, 0.717) is 17.4 Å². The first-order chi connectivity index (χ1) is 12.8. The van der Waals surface area contributed by atoms with Crippen LogP contribution in [0, 0.1) is 6.92 Å². The normalized spacial score (nSPS) is 15.4. The monoisotopic (exact) mass is 427 g/mol. The first-order valence-corrected chi connectivity index (χ1v) is 11.2. The molecular weight excluding hydrogens is 406 g/mol. The molecule has 1 amide bonds. The molecule has 2 heterocycles. The Hall–Kier alpha value is -1.61. The van der Waals surface area contributed by atoms with Crippen molar-refractivity contribution in [3.05, 3.63) is 46.3 Å². The molecule has 3 rings (SSSR count). The lowest BCUT2D eigenvalue weighted by Gasteiger charge is -2.36. The lowest BCUT2D eigenvalue weighted by Crippen LogP contribution is -2.51. The first-order valence-electron chi connectivity index (χ1n) is 8.58. The van der Waals surface area contributed by atoms with Crippen LogP contribution in [0.4, 0.5) is 5.69 Å². The van der Waals surface area contributed by atoms with Crippen LogP contribution in [0.15, 0.2) is 40.6 Å². The topological polar surface area (TPSA) is 60.9 Å². The maximum atomic E-state index is 12.6. The molecule has 0 radical (unpaired) electrons. The van der Waals surface area contributed by atoms with E-state index in [9.17, 15) is 13.2 Å². The highest BCUT2D eigenvalue weighted by atomic mass is 35.5. The van der Waals surface area contributed by atoms with Crippen molar-refractivity contribution >= 4 is 44.6 Å². The number of amides is 1. The summed E-state index contributed by atoms with van der Waals surface area (Å²) in [7, 11) is -2.28. The third-order valence-corrected chi connectivity index (χ3v) is 8.07. The Balaban J connectivity index is 1.58. The van der Waals surface area contributed by atoms with E-state index in [4.69, 9.17) is 11.6 Å². The van der Waals surface area contributed by atoms with E-state index in [1.807, 2.05) is 6.07 Å². The van der Waals surface area contributed by atoms with Crippen molar-refractivity contribution in [3.8, 4) is 0 Å². The highest BCUT2D eigenvalue weighted by molar-refractivity contribution is 7.91. The van der Waals surface area contributed by atoms with Gasteiger partial charge >= 0.3 is 0 Å². The molecule has 2 aromatic rings. The Morgan fingerprint density at radius 1 is 1.19 bits per heavy atom. The molecule has 1 aromatic carbocycles. The van der Waals surface area contributed by atoms with Gasteiger partial charge in [0, 0.05) is 38.9 Å². The number of nitrogens with zero attached hydrogens (tertiary/aromatic N) is 3. The van der Waals surface area contributed by atoms with Gasteiger partial charge < -0.3 is 9.80 Å². The van der Waals surface area contributed by atoms with Gasteiger partial charge in [0.05, 0.1) is 10.9 Å². The van der Waals surface area contributed by atoms with Gasteiger partial charge in [-0.25, -0.2) is 8.42 Å². The van der Waals surface area contributed by atoms with Crippen LogP contribution in [0.5, 0.6) is 0 Å². The number of likely N-dealkylation sites (N-methyl/N-ethyl adjacent to an activating group) is 1. The quantitative estimate of drug-likeness (QED) is 0.736. The minimum absolute atomic E-state index is 0.145. The lowest BCUT2D eigenvalue weighted by atomic mass is 10.2. The molecule has 9 heteroatoms. The largest absolute Gasteiger partial charge is 0.368 e. The van der Waals surface area contributed by atoms with Crippen LogP contribution >= 0.6 is 22.9 Å². The third kappa shape index (κ3) is 4.63. The molecule has 0 bridgehead atoms. The summed E-state index contributed by atoms with van der Waals surface area (Å²) in [5.41, 5.74) is 2.35. The van der Waals surface area contributed by atoms with Crippen molar-refractivity contribution in [1.82, 2.24) is 9.21 Å². The predicted molar refractivity (Wildman–Crippen MR) is 109 cm³/mol. The average molecular weight is 428 g/mol. The van der Waals surface area contributed by atoms with Gasteiger partial charge in [-0.1, -0.05) is 23.7 Å². The molecule has 0 spiro atoms. The fraction of sp³-hybridized carbons (Fsp3) is 0.389. The number of hydrogen-bond donors (Lipinski definition) is 0. The van der Waals surface area contributed by atoms with Crippen LogP contribution in [-0.2, 0) is 14.8 Å². The summed E-state index contributed by atoms with van der Waals surface area (Å²) in [6.07, 6.45) is 0. The van der Waals surface area contributed by atoms with Crippen LogP contribution < -0.4 is 4.90 Å². The fourth-order valence-corrected chi connectivity index (χ4v) is 5.82. The average Bonchev–Trinajstić information content (AvgIpc) is 3.09. The Morgan fingerprint density at radius 3 is 2.48 bits per heavy atom. The molecule has 0 N–H and O–H groups in total. The fourth-order valence-electron chi connectivity index (χ4n) is 3.00. The van der Waals surface area contributed by atoms with E-state index in [2.05, 4.69) is 30.0 Å². The van der Waals surface area contributed by atoms with E-state index >= 15 is 0 Å². The molecule has 6 nitrogen and oxygen atoms in total. The van der Waals surface area contributed by atoms with Crippen molar-refractivity contribution in [2.24, 2.45) is 0 Å². The van der Waals surface area contributed by atoms with Gasteiger partial charge in [0.25, 0.3) is 10.0 Å². The minimum atomic E-state index is -3.70. The molecule has 0 unspecified atom stereocenters. The number of thiophene rings is 1. The predicted octanol–water partition coefficient (Wildman–Crippen LogP) is 2.68. The van der Waals surface area contributed by atoms with Crippen LogP contribution in [0.2, 0.25) is 4.34 Å². The maximum Gasteiger partial charge on any atom is 0.252 e. The molecule has 1 fully saturated rings. The van der Waals surface area contributed by atoms with Crippen LogP contribution in [0.1, 0.15) is 5.56 Å². The van der Waals surface area contributed by atoms with Crippen molar-refractivity contribution in [2.75, 3.05) is 44.7 Å². The minimum Gasteiger partial charge on any atom is -0.368 e. The maximum absolute atomic E-state index is 12.6. The number of carbonyl (C=O) groups excluding carboxylic acids is 1. The zero-order chi connectivity index (χ0) is 19.6. The summed E-state index contributed by atoms with van der Waals surface area (Å²) in [4.78, 5) is 16.5. The van der Waals surface area contributed by atoms with Gasteiger partial charge in [-0.3, -0.25) is 4.79 Å². The van der Waals surface area contributed by atoms with Gasteiger partial charge in [0.1, 0.15) is 4.21 Å². The smallest absolute Gasteiger partial charge is 0.252 e. The number of halogens is 1. The second-order valence-electron chi connectivity index (χ2n) is 6.53. The molecule has 0 aliphatic carbocycles. The first kappa shape index (κ1) is 20.1. The number of hydrogen-bond acceptors (Lipinski definition) is 5. The van der Waals surface area contributed by atoms with Gasteiger partial charge in [-0.15, -0.1) is 11.3 Å². The lowest BCUT2D eigenvalue weighted by molar-refractivity contribution is -0.131. The van der Waals surface area contributed by atoms with Crippen molar-refractivity contribution < 1.29 is 13.2 Å². The number of sulfonamides is 1. The van der Waals surface area contributed by atoms with E-state index in [1.54, 1.807) is 11.0 Å². The molecule has 27 heavy (non-hydrogen) atoms. The molecule has 146 valence electrons. The molecule has 1 aliphatic rings. The van der Waals surface area contributed by atoms with Gasteiger partial charge in [0.2, 0.25) is 5.91 Å². The standard InChI is InChI=1S/C18H22ClN3O3S2/c1-14-4-3-5-15(12-14)21-8-10-22(11-9-21)17(23)13-20(2)27(24,25)18-7-6-16(19)26-18/h3-7,12H,8-11,13H2,1-2H3. The van der Waals surface area contributed by atoms with Gasteiger partial charge in [-0.05, 0) is 36.8 Å². The number of piperazine rings is 1. The highest BCUT2D eigenvalue weighted by Gasteiger charge is 2.28. The van der Waals surface area contributed by atoms with Crippen LogP contribution in [0.25, 0.3) is 0 Å². The zero-order valence-electron chi connectivity index (χ0n) is 15.3. The summed E-state index contributed by atoms with van der Waals surface area (Å²) < 4.78 is 26.7. The van der Waals surface area contributed by atoms with E-state index < -0.39 is 10.0 Å². The third-order valence-electron chi connectivity index (χ3n) is 4.57. The SMILES string of the molecule is Cc1cccc(N2CCN(C(=O)CN(C)S(=O)(=O)c3ccc(Cl)s3)CC2)c1.